The molecular formula is C12H9FN2O2S3. The van der Waals surface area contributed by atoms with Crippen molar-refractivity contribution in [1.29, 1.82) is 0 Å². The Morgan fingerprint density at radius 2 is 2.10 bits per heavy atom. The average Bonchev–Trinajstić information content (AvgIpc) is 2.99. The van der Waals surface area contributed by atoms with Crippen LogP contribution in [0.4, 0.5) is 4.39 Å². The smallest absolute Gasteiger partial charge is 0.294 e. The summed E-state index contributed by atoms with van der Waals surface area (Å²) in [5, 5.41) is 1.68. The van der Waals surface area contributed by atoms with Gasteiger partial charge in [-0.15, -0.1) is 15.7 Å². The van der Waals surface area contributed by atoms with E-state index in [0.717, 1.165) is 28.2 Å². The van der Waals surface area contributed by atoms with Crippen molar-refractivity contribution in [3.8, 4) is 0 Å². The maximum atomic E-state index is 13.2. The Morgan fingerprint density at radius 1 is 1.30 bits per heavy atom. The molecule has 0 radical (unpaired) electrons. The number of fused-ring (bicyclic) bond motifs is 1. The highest BCUT2D eigenvalue weighted by atomic mass is 32.2. The van der Waals surface area contributed by atoms with Gasteiger partial charge in [-0.1, -0.05) is 17.4 Å². The molecule has 0 aliphatic carbocycles. The van der Waals surface area contributed by atoms with Gasteiger partial charge < -0.3 is 4.57 Å². The first kappa shape index (κ1) is 13.5. The molecule has 0 fully saturated rings. The van der Waals surface area contributed by atoms with Gasteiger partial charge in [0.15, 0.2) is 0 Å². The zero-order valence-electron chi connectivity index (χ0n) is 10.3. The molecule has 0 atom stereocenters. The van der Waals surface area contributed by atoms with Gasteiger partial charge in [0.25, 0.3) is 10.0 Å². The summed E-state index contributed by atoms with van der Waals surface area (Å²) in [4.78, 5) is 0.319. The Bertz CT molecular complexity index is 937. The van der Waals surface area contributed by atoms with Crippen LogP contribution in [0.25, 0.3) is 10.2 Å². The van der Waals surface area contributed by atoms with Gasteiger partial charge in [0.1, 0.15) is 10.0 Å². The summed E-state index contributed by atoms with van der Waals surface area (Å²) >= 11 is 2.26. The summed E-state index contributed by atoms with van der Waals surface area (Å²) in [5.74, 6) is -0.355. The molecule has 0 aliphatic heterocycles. The first-order chi connectivity index (χ1) is 9.47. The normalized spacial score (nSPS) is 13.2. The second-order valence-electron chi connectivity index (χ2n) is 4.05. The molecule has 1 aromatic carbocycles. The molecule has 0 saturated carbocycles. The number of thiazole rings is 1. The quantitative estimate of drug-likeness (QED) is 0.726. The lowest BCUT2D eigenvalue weighted by atomic mass is 10.3. The van der Waals surface area contributed by atoms with Crippen LogP contribution < -0.4 is 4.80 Å². The molecule has 0 amide bonds. The van der Waals surface area contributed by atoms with Crippen LogP contribution in [-0.2, 0) is 17.1 Å². The van der Waals surface area contributed by atoms with Crippen molar-refractivity contribution in [2.24, 2.45) is 11.4 Å². The predicted molar refractivity (Wildman–Crippen MR) is 77.8 cm³/mol. The van der Waals surface area contributed by atoms with Crippen molar-refractivity contribution >= 4 is 42.9 Å². The van der Waals surface area contributed by atoms with Crippen molar-refractivity contribution in [2.45, 2.75) is 4.21 Å². The number of thiophene rings is 1. The molecule has 0 spiro atoms. The molecule has 0 N–H and O–H groups in total. The third kappa shape index (κ3) is 2.30. The van der Waals surface area contributed by atoms with Crippen LogP contribution in [0.2, 0.25) is 0 Å². The minimum Gasteiger partial charge on any atom is -0.319 e. The van der Waals surface area contributed by atoms with Gasteiger partial charge in [0.2, 0.25) is 4.80 Å². The topological polar surface area (TPSA) is 51.4 Å². The van der Waals surface area contributed by atoms with Crippen LogP contribution in [0.1, 0.15) is 0 Å². The number of benzene rings is 1. The second kappa shape index (κ2) is 4.80. The summed E-state index contributed by atoms with van der Waals surface area (Å²) in [6.45, 7) is 0. The molecule has 0 unspecified atom stereocenters. The van der Waals surface area contributed by atoms with Crippen LogP contribution in [0.15, 0.2) is 44.3 Å². The van der Waals surface area contributed by atoms with Crippen molar-refractivity contribution in [3.05, 3.63) is 46.3 Å². The number of aryl methyl sites for hydroxylation is 1. The highest BCUT2D eigenvalue weighted by Gasteiger charge is 2.14. The van der Waals surface area contributed by atoms with Gasteiger partial charge in [0, 0.05) is 7.05 Å². The van der Waals surface area contributed by atoms with Crippen LogP contribution in [-0.4, -0.2) is 13.0 Å². The Labute approximate surface area is 122 Å². The minimum absolute atomic E-state index is 0.195. The number of rotatable bonds is 2. The highest BCUT2D eigenvalue weighted by molar-refractivity contribution is 7.92. The Balaban J connectivity index is 2.25. The van der Waals surface area contributed by atoms with E-state index < -0.39 is 10.0 Å². The van der Waals surface area contributed by atoms with E-state index in [1.54, 1.807) is 29.1 Å². The maximum Gasteiger partial charge on any atom is 0.294 e. The number of hydrogen-bond donors (Lipinski definition) is 0. The second-order valence-corrected chi connectivity index (χ2v) is 7.84. The van der Waals surface area contributed by atoms with Crippen molar-refractivity contribution in [3.63, 3.8) is 0 Å². The first-order valence-corrected chi connectivity index (χ1v) is 8.70. The van der Waals surface area contributed by atoms with E-state index in [1.807, 2.05) is 0 Å². The lowest BCUT2D eigenvalue weighted by Crippen LogP contribution is -2.13. The van der Waals surface area contributed by atoms with Gasteiger partial charge in [-0.25, -0.2) is 4.39 Å². The maximum absolute atomic E-state index is 13.2. The Morgan fingerprint density at radius 3 is 2.80 bits per heavy atom. The molecule has 4 nitrogen and oxygen atoms in total. The number of nitrogens with zero attached hydrogens (tertiary/aromatic N) is 2. The van der Waals surface area contributed by atoms with E-state index in [1.165, 1.54) is 18.2 Å². The molecule has 0 saturated heterocycles. The monoisotopic (exact) mass is 328 g/mol. The van der Waals surface area contributed by atoms with Crippen molar-refractivity contribution in [2.75, 3.05) is 0 Å². The number of aromatic nitrogens is 1. The zero-order chi connectivity index (χ0) is 14.3. The summed E-state index contributed by atoms with van der Waals surface area (Å²) < 4.78 is 43.8. The van der Waals surface area contributed by atoms with E-state index in [2.05, 4.69) is 4.40 Å². The molecule has 3 aromatic rings. The van der Waals surface area contributed by atoms with Crippen LogP contribution in [0.3, 0.4) is 0 Å². The summed E-state index contributed by atoms with van der Waals surface area (Å²) in [7, 11) is -2.00. The molecule has 20 heavy (non-hydrogen) atoms. The fourth-order valence-corrected chi connectivity index (χ4v) is 4.99. The molecule has 2 aromatic heterocycles. The Kier molecular flexibility index (Phi) is 3.23. The van der Waals surface area contributed by atoms with Crippen molar-refractivity contribution < 1.29 is 12.8 Å². The van der Waals surface area contributed by atoms with E-state index in [9.17, 15) is 12.8 Å². The fourth-order valence-electron chi connectivity index (χ4n) is 1.75. The van der Waals surface area contributed by atoms with Crippen LogP contribution in [0.5, 0.6) is 0 Å². The van der Waals surface area contributed by atoms with Crippen LogP contribution in [0, 0.1) is 5.82 Å². The van der Waals surface area contributed by atoms with Gasteiger partial charge in [0.05, 0.1) is 10.2 Å². The predicted octanol–water partition coefficient (Wildman–Crippen LogP) is 2.73. The van der Waals surface area contributed by atoms with E-state index in [0.29, 0.717) is 9.50 Å². The number of halogens is 1. The van der Waals surface area contributed by atoms with Crippen molar-refractivity contribution in [1.82, 2.24) is 4.57 Å². The highest BCUT2D eigenvalue weighted by Crippen LogP contribution is 2.20. The third-order valence-electron chi connectivity index (χ3n) is 2.72. The van der Waals surface area contributed by atoms with E-state index >= 15 is 0 Å². The SMILES string of the molecule is Cn1/c(=N/S(=O)(=O)c2cccs2)sc2cc(F)ccc21. The van der Waals surface area contributed by atoms with Gasteiger partial charge in [-0.3, -0.25) is 0 Å². The molecule has 0 aliphatic rings. The van der Waals surface area contributed by atoms with Gasteiger partial charge >= 0.3 is 0 Å². The number of sulfonamides is 1. The molecular weight excluding hydrogens is 319 g/mol. The average molecular weight is 328 g/mol. The zero-order valence-corrected chi connectivity index (χ0v) is 12.7. The van der Waals surface area contributed by atoms with Gasteiger partial charge in [-0.05, 0) is 29.6 Å². The lowest BCUT2D eigenvalue weighted by molar-refractivity contribution is 0.598. The third-order valence-corrected chi connectivity index (χ3v) is 6.57. The summed E-state index contributed by atoms with van der Waals surface area (Å²) in [6.07, 6.45) is 0. The van der Waals surface area contributed by atoms with Gasteiger partial charge in [-0.2, -0.15) is 8.42 Å². The Hall–Kier alpha value is -1.51. The largest absolute Gasteiger partial charge is 0.319 e. The summed E-state index contributed by atoms with van der Waals surface area (Å²) in [6, 6.07) is 7.49. The molecule has 3 rings (SSSR count). The van der Waals surface area contributed by atoms with E-state index in [4.69, 9.17) is 0 Å². The molecule has 104 valence electrons. The molecule has 8 heteroatoms. The van der Waals surface area contributed by atoms with Crippen LogP contribution >= 0.6 is 22.7 Å². The number of hydrogen-bond acceptors (Lipinski definition) is 4. The first-order valence-electron chi connectivity index (χ1n) is 5.57. The minimum atomic E-state index is -3.71. The lowest BCUT2D eigenvalue weighted by Gasteiger charge is -1.95. The fraction of sp³-hybridized carbons (Fsp3) is 0.0833. The summed E-state index contributed by atoms with van der Waals surface area (Å²) in [5.41, 5.74) is 0.747. The molecule has 0 bridgehead atoms. The standard InChI is InChI=1S/C12H9FN2O2S3/c1-15-9-5-4-8(13)7-10(9)19-12(15)14-20(16,17)11-3-2-6-18-11/h2-7H,1H3/b14-12-. The molecule has 2 heterocycles. The van der Waals surface area contributed by atoms with E-state index in [-0.39, 0.29) is 10.0 Å².